The van der Waals surface area contributed by atoms with Crippen molar-refractivity contribution < 1.29 is 19.1 Å². The molecule has 0 atom stereocenters. The molecular weight excluding hydrogens is 248 g/mol. The van der Waals surface area contributed by atoms with Crippen molar-refractivity contribution in [2.75, 3.05) is 14.2 Å². The molecular formula is C13H12N2O4. The van der Waals surface area contributed by atoms with E-state index in [1.165, 1.54) is 13.2 Å². The zero-order valence-electron chi connectivity index (χ0n) is 10.5. The van der Waals surface area contributed by atoms with Gasteiger partial charge < -0.3 is 9.47 Å². The topological polar surface area (TPSA) is 88.4 Å². The molecule has 0 aliphatic rings. The van der Waals surface area contributed by atoms with Crippen molar-refractivity contribution in [2.45, 2.75) is 0 Å². The van der Waals surface area contributed by atoms with Crippen LogP contribution in [0.1, 0.15) is 5.56 Å². The number of nitriles is 1. The van der Waals surface area contributed by atoms with Gasteiger partial charge in [-0.1, -0.05) is 12.1 Å². The molecule has 1 aromatic carbocycles. The Hall–Kier alpha value is -2.81. The summed E-state index contributed by atoms with van der Waals surface area (Å²) in [6.07, 6.45) is 0.443. The molecule has 1 rings (SSSR count). The maximum Gasteiger partial charge on any atom is 0.413 e. The third-order valence-corrected chi connectivity index (χ3v) is 2.19. The van der Waals surface area contributed by atoms with Crippen molar-refractivity contribution in [1.82, 2.24) is 5.32 Å². The number of hydrogen-bond acceptors (Lipinski definition) is 5. The number of imide groups is 1. The van der Waals surface area contributed by atoms with E-state index < -0.39 is 12.0 Å². The van der Waals surface area contributed by atoms with Crippen LogP contribution in [-0.2, 0) is 9.53 Å². The minimum Gasteiger partial charge on any atom is -0.497 e. The summed E-state index contributed by atoms with van der Waals surface area (Å²) in [5.41, 5.74) is 0.438. The molecule has 0 aromatic heterocycles. The third kappa shape index (κ3) is 4.16. The minimum atomic E-state index is -0.916. The zero-order valence-corrected chi connectivity index (χ0v) is 10.5. The maximum absolute atomic E-state index is 11.5. The molecule has 0 fully saturated rings. The summed E-state index contributed by atoms with van der Waals surface area (Å²) in [6, 6.07) is 8.47. The first-order valence-electron chi connectivity index (χ1n) is 5.26. The van der Waals surface area contributed by atoms with Crippen molar-refractivity contribution in [3.63, 3.8) is 0 Å². The van der Waals surface area contributed by atoms with E-state index in [4.69, 9.17) is 10.00 Å². The lowest BCUT2D eigenvalue weighted by molar-refractivity contribution is -0.116. The fourth-order valence-corrected chi connectivity index (χ4v) is 1.23. The van der Waals surface area contributed by atoms with Gasteiger partial charge in [-0.2, -0.15) is 5.26 Å². The summed E-state index contributed by atoms with van der Waals surface area (Å²) < 4.78 is 9.26. The number of alkyl carbamates (subject to hydrolysis) is 1. The monoisotopic (exact) mass is 260 g/mol. The molecule has 0 saturated heterocycles. The molecule has 6 heteroatoms. The zero-order chi connectivity index (χ0) is 14.3. The molecule has 1 aromatic rings. The highest BCUT2D eigenvalue weighted by atomic mass is 16.5. The molecule has 6 nitrogen and oxygen atoms in total. The van der Waals surface area contributed by atoms with Gasteiger partial charge in [-0.05, 0) is 23.8 Å². The molecule has 98 valence electrons. The SMILES string of the molecule is COC(=O)NC(=O)/C(C#N)=C\c1ccc(OC)cc1. The van der Waals surface area contributed by atoms with Crippen LogP contribution < -0.4 is 10.1 Å². The van der Waals surface area contributed by atoms with Gasteiger partial charge in [-0.3, -0.25) is 10.1 Å². The first kappa shape index (κ1) is 14.3. The summed E-state index contributed by atoms with van der Waals surface area (Å²) in [5, 5.41) is 10.8. The largest absolute Gasteiger partial charge is 0.497 e. The number of benzene rings is 1. The lowest BCUT2D eigenvalue weighted by Crippen LogP contribution is -2.31. The fourth-order valence-electron chi connectivity index (χ4n) is 1.23. The smallest absolute Gasteiger partial charge is 0.413 e. The second-order valence-corrected chi connectivity index (χ2v) is 3.39. The van der Waals surface area contributed by atoms with Gasteiger partial charge in [-0.25, -0.2) is 4.79 Å². The average Bonchev–Trinajstić information content (AvgIpc) is 2.44. The molecule has 19 heavy (non-hydrogen) atoms. The molecule has 0 spiro atoms. The van der Waals surface area contributed by atoms with Crippen LogP contribution in [0, 0.1) is 11.3 Å². The molecule has 0 heterocycles. The van der Waals surface area contributed by atoms with Crippen molar-refractivity contribution in [1.29, 1.82) is 5.26 Å². The van der Waals surface area contributed by atoms with Crippen LogP contribution in [0.25, 0.3) is 6.08 Å². The summed E-state index contributed by atoms with van der Waals surface area (Å²) in [5.74, 6) is -0.153. The predicted molar refractivity (Wildman–Crippen MR) is 67.1 cm³/mol. The Morgan fingerprint density at radius 2 is 1.89 bits per heavy atom. The lowest BCUT2D eigenvalue weighted by Gasteiger charge is -2.02. The standard InChI is InChI=1S/C13H12N2O4/c1-18-11-5-3-9(4-6-11)7-10(8-14)12(16)15-13(17)19-2/h3-7H,1-2H3,(H,15,16,17)/b10-7-. The highest BCUT2D eigenvalue weighted by Crippen LogP contribution is 2.13. The Bertz CT molecular complexity index is 541. The van der Waals surface area contributed by atoms with Crippen molar-refractivity contribution >= 4 is 18.1 Å². The average molecular weight is 260 g/mol. The second-order valence-electron chi connectivity index (χ2n) is 3.39. The minimum absolute atomic E-state index is 0.199. The van der Waals surface area contributed by atoms with E-state index in [-0.39, 0.29) is 5.57 Å². The highest BCUT2D eigenvalue weighted by molar-refractivity contribution is 6.07. The Kier molecular flexibility index (Phi) is 5.11. The number of carbonyl (C=O) groups excluding carboxylic acids is 2. The normalized spacial score (nSPS) is 10.3. The molecule has 2 amide bonds. The van der Waals surface area contributed by atoms with Crippen LogP contribution in [0.2, 0.25) is 0 Å². The van der Waals surface area contributed by atoms with Gasteiger partial charge in [0.15, 0.2) is 0 Å². The van der Waals surface area contributed by atoms with Gasteiger partial charge in [0.2, 0.25) is 0 Å². The molecule has 0 saturated carbocycles. The molecule has 0 radical (unpaired) electrons. The van der Waals surface area contributed by atoms with Gasteiger partial charge in [-0.15, -0.1) is 0 Å². The lowest BCUT2D eigenvalue weighted by atomic mass is 10.1. The first-order chi connectivity index (χ1) is 9.10. The number of nitrogens with zero attached hydrogens (tertiary/aromatic N) is 1. The summed E-state index contributed by atoms with van der Waals surface area (Å²) >= 11 is 0. The van der Waals surface area contributed by atoms with Gasteiger partial charge in [0, 0.05) is 0 Å². The Morgan fingerprint density at radius 3 is 2.37 bits per heavy atom. The summed E-state index contributed by atoms with van der Waals surface area (Å²) in [7, 11) is 2.66. The number of carbonyl (C=O) groups is 2. The number of amides is 2. The summed E-state index contributed by atoms with van der Waals surface area (Å²) in [4.78, 5) is 22.4. The fraction of sp³-hybridized carbons (Fsp3) is 0.154. The van der Waals surface area contributed by atoms with E-state index in [1.807, 2.05) is 5.32 Å². The van der Waals surface area contributed by atoms with Crippen LogP contribution in [-0.4, -0.2) is 26.2 Å². The number of nitrogens with one attached hydrogen (secondary N) is 1. The second kappa shape index (κ2) is 6.81. The van der Waals surface area contributed by atoms with E-state index in [1.54, 1.807) is 30.3 Å². The van der Waals surface area contributed by atoms with Crippen molar-refractivity contribution in [3.05, 3.63) is 35.4 Å². The van der Waals surface area contributed by atoms with Gasteiger partial charge in [0.05, 0.1) is 14.2 Å². The molecule has 1 N–H and O–H groups in total. The number of ether oxygens (including phenoxy) is 2. The van der Waals surface area contributed by atoms with Crippen LogP contribution in [0.15, 0.2) is 29.8 Å². The van der Waals surface area contributed by atoms with Crippen LogP contribution in [0.4, 0.5) is 4.79 Å². The molecule has 0 unspecified atom stereocenters. The van der Waals surface area contributed by atoms with Gasteiger partial charge >= 0.3 is 6.09 Å². The van der Waals surface area contributed by atoms with Gasteiger partial charge in [0.25, 0.3) is 5.91 Å². The number of rotatable bonds is 3. The van der Waals surface area contributed by atoms with Crippen molar-refractivity contribution in [3.8, 4) is 11.8 Å². The quantitative estimate of drug-likeness (QED) is 0.657. The van der Waals surface area contributed by atoms with Crippen molar-refractivity contribution in [2.24, 2.45) is 0 Å². The highest BCUT2D eigenvalue weighted by Gasteiger charge is 2.12. The Labute approximate surface area is 110 Å². The van der Waals surface area contributed by atoms with E-state index in [9.17, 15) is 9.59 Å². The predicted octanol–water partition coefficient (Wildman–Crippen LogP) is 1.48. The number of methoxy groups -OCH3 is 2. The number of hydrogen-bond donors (Lipinski definition) is 1. The van der Waals surface area contributed by atoms with E-state index in [0.29, 0.717) is 11.3 Å². The van der Waals surface area contributed by atoms with E-state index in [2.05, 4.69) is 4.74 Å². The molecule has 0 bridgehead atoms. The van der Waals surface area contributed by atoms with E-state index >= 15 is 0 Å². The maximum atomic E-state index is 11.5. The third-order valence-electron chi connectivity index (χ3n) is 2.19. The molecule has 0 aliphatic heterocycles. The summed E-state index contributed by atoms with van der Waals surface area (Å²) in [6.45, 7) is 0. The van der Waals surface area contributed by atoms with Crippen LogP contribution in [0.3, 0.4) is 0 Å². The van der Waals surface area contributed by atoms with Crippen LogP contribution >= 0.6 is 0 Å². The first-order valence-corrected chi connectivity index (χ1v) is 5.26. The Balaban J connectivity index is 2.89. The Morgan fingerprint density at radius 1 is 1.26 bits per heavy atom. The molecule has 0 aliphatic carbocycles. The van der Waals surface area contributed by atoms with Crippen LogP contribution in [0.5, 0.6) is 5.75 Å². The van der Waals surface area contributed by atoms with E-state index in [0.717, 1.165) is 7.11 Å². The van der Waals surface area contributed by atoms with Gasteiger partial charge in [0.1, 0.15) is 17.4 Å².